The molecule has 152 valence electrons. The lowest BCUT2D eigenvalue weighted by Crippen LogP contribution is -2.50. The first kappa shape index (κ1) is 21.3. The standard InChI is InChI=1S/C23H29ClFNO2/c1-26(2)15-19-13-22(28-16-17-6-8-21(25)9-7-17)10-11-23(19,27)14-18-4-3-5-20(24)12-18/h3-9,12,19,22,27H,10-11,13-16H2,1-2H3. The van der Waals surface area contributed by atoms with E-state index in [0.29, 0.717) is 24.5 Å². The van der Waals surface area contributed by atoms with Crippen molar-refractivity contribution in [2.75, 3.05) is 20.6 Å². The monoisotopic (exact) mass is 405 g/mol. The molecule has 3 rings (SSSR count). The fraction of sp³-hybridized carbons (Fsp3) is 0.478. The summed E-state index contributed by atoms with van der Waals surface area (Å²) in [6.45, 7) is 1.26. The molecule has 2 aromatic carbocycles. The summed E-state index contributed by atoms with van der Waals surface area (Å²) in [5.41, 5.74) is 1.25. The van der Waals surface area contributed by atoms with Crippen molar-refractivity contribution in [2.24, 2.45) is 5.92 Å². The zero-order valence-corrected chi connectivity index (χ0v) is 17.3. The Morgan fingerprint density at radius 3 is 2.61 bits per heavy atom. The van der Waals surface area contributed by atoms with Crippen molar-refractivity contribution in [2.45, 2.75) is 44.0 Å². The van der Waals surface area contributed by atoms with Gasteiger partial charge in [-0.3, -0.25) is 0 Å². The van der Waals surface area contributed by atoms with Crippen molar-refractivity contribution in [3.05, 3.63) is 70.5 Å². The number of aliphatic hydroxyl groups is 1. The molecule has 2 aromatic rings. The van der Waals surface area contributed by atoms with E-state index < -0.39 is 5.60 Å². The van der Waals surface area contributed by atoms with Gasteiger partial charge in [-0.1, -0.05) is 35.9 Å². The molecule has 0 saturated heterocycles. The lowest BCUT2D eigenvalue weighted by Gasteiger charge is -2.44. The lowest BCUT2D eigenvalue weighted by atomic mass is 9.71. The van der Waals surface area contributed by atoms with E-state index in [1.165, 1.54) is 12.1 Å². The summed E-state index contributed by atoms with van der Waals surface area (Å²) in [5, 5.41) is 12.2. The maximum atomic E-state index is 13.1. The molecule has 1 aliphatic rings. The molecule has 5 heteroatoms. The van der Waals surface area contributed by atoms with Crippen molar-refractivity contribution >= 4 is 11.6 Å². The first-order chi connectivity index (χ1) is 13.3. The van der Waals surface area contributed by atoms with Crippen LogP contribution in [0, 0.1) is 11.7 Å². The Labute approximate surface area is 172 Å². The summed E-state index contributed by atoms with van der Waals surface area (Å²) < 4.78 is 19.2. The molecule has 1 N–H and O–H groups in total. The molecule has 0 amide bonds. The zero-order chi connectivity index (χ0) is 20.1. The molecule has 0 aromatic heterocycles. The number of ether oxygens (including phenoxy) is 1. The Morgan fingerprint density at radius 2 is 1.93 bits per heavy atom. The van der Waals surface area contributed by atoms with Gasteiger partial charge in [0.1, 0.15) is 5.82 Å². The third kappa shape index (κ3) is 5.77. The average Bonchev–Trinajstić information content (AvgIpc) is 2.63. The van der Waals surface area contributed by atoms with E-state index in [-0.39, 0.29) is 17.8 Å². The van der Waals surface area contributed by atoms with Gasteiger partial charge in [-0.15, -0.1) is 0 Å². The highest BCUT2D eigenvalue weighted by Gasteiger charge is 2.42. The van der Waals surface area contributed by atoms with Crippen molar-refractivity contribution < 1.29 is 14.2 Å². The van der Waals surface area contributed by atoms with E-state index in [0.717, 1.165) is 30.5 Å². The second-order valence-corrected chi connectivity index (χ2v) is 8.64. The molecule has 0 heterocycles. The molecule has 3 nitrogen and oxygen atoms in total. The fourth-order valence-corrected chi connectivity index (χ4v) is 4.35. The summed E-state index contributed by atoms with van der Waals surface area (Å²) in [5.74, 6) is -0.132. The smallest absolute Gasteiger partial charge is 0.123 e. The van der Waals surface area contributed by atoms with Crippen LogP contribution in [0.2, 0.25) is 5.02 Å². The molecule has 0 radical (unpaired) electrons. The number of hydrogen-bond donors (Lipinski definition) is 1. The number of hydrogen-bond acceptors (Lipinski definition) is 3. The van der Waals surface area contributed by atoms with E-state index in [2.05, 4.69) is 4.90 Å². The first-order valence-electron chi connectivity index (χ1n) is 9.82. The van der Waals surface area contributed by atoms with Gasteiger partial charge in [0.25, 0.3) is 0 Å². The summed E-state index contributed by atoms with van der Waals surface area (Å²) >= 11 is 6.13. The Balaban J connectivity index is 1.65. The van der Waals surface area contributed by atoms with Crippen LogP contribution in [0.1, 0.15) is 30.4 Å². The van der Waals surface area contributed by atoms with Gasteiger partial charge in [0.2, 0.25) is 0 Å². The quantitative estimate of drug-likeness (QED) is 0.724. The van der Waals surface area contributed by atoms with E-state index in [9.17, 15) is 9.50 Å². The van der Waals surface area contributed by atoms with Crippen LogP contribution in [0.25, 0.3) is 0 Å². The van der Waals surface area contributed by atoms with Crippen molar-refractivity contribution in [1.29, 1.82) is 0 Å². The van der Waals surface area contributed by atoms with E-state index in [1.807, 2.05) is 38.4 Å². The molecular formula is C23H29ClFNO2. The predicted octanol–water partition coefficient (Wildman–Crippen LogP) is 4.70. The topological polar surface area (TPSA) is 32.7 Å². The Morgan fingerprint density at radius 1 is 1.18 bits per heavy atom. The minimum Gasteiger partial charge on any atom is -0.389 e. The summed E-state index contributed by atoms with van der Waals surface area (Å²) in [7, 11) is 4.06. The molecule has 0 bridgehead atoms. The van der Waals surface area contributed by atoms with E-state index in [1.54, 1.807) is 12.1 Å². The van der Waals surface area contributed by atoms with Gasteiger partial charge >= 0.3 is 0 Å². The van der Waals surface area contributed by atoms with Gasteiger partial charge in [0, 0.05) is 23.9 Å². The van der Waals surface area contributed by atoms with E-state index in [4.69, 9.17) is 16.3 Å². The highest BCUT2D eigenvalue weighted by molar-refractivity contribution is 6.30. The Kier molecular flexibility index (Phi) is 7.10. The molecule has 28 heavy (non-hydrogen) atoms. The number of rotatable bonds is 7. The molecule has 0 aliphatic heterocycles. The summed E-state index contributed by atoms with van der Waals surface area (Å²) in [6, 6.07) is 14.2. The third-order valence-electron chi connectivity index (χ3n) is 5.59. The normalized spacial score (nSPS) is 25.2. The van der Waals surface area contributed by atoms with Crippen LogP contribution in [0.3, 0.4) is 0 Å². The van der Waals surface area contributed by atoms with Crippen LogP contribution in [0.15, 0.2) is 48.5 Å². The number of halogens is 2. The Bertz CT molecular complexity index is 767. The minimum absolute atomic E-state index is 0.0923. The highest BCUT2D eigenvalue weighted by atomic mass is 35.5. The second-order valence-electron chi connectivity index (χ2n) is 8.20. The minimum atomic E-state index is -0.773. The van der Waals surface area contributed by atoms with Crippen LogP contribution >= 0.6 is 11.6 Å². The summed E-state index contributed by atoms with van der Waals surface area (Å²) in [4.78, 5) is 2.12. The molecule has 3 atom stereocenters. The predicted molar refractivity (Wildman–Crippen MR) is 111 cm³/mol. The van der Waals surface area contributed by atoms with Gasteiger partial charge in [0.05, 0.1) is 18.3 Å². The SMILES string of the molecule is CN(C)CC1CC(OCc2ccc(F)cc2)CCC1(O)Cc1cccc(Cl)c1. The molecule has 3 unspecified atom stereocenters. The number of benzene rings is 2. The van der Waals surface area contributed by atoms with Gasteiger partial charge < -0.3 is 14.7 Å². The van der Waals surface area contributed by atoms with Crippen LogP contribution < -0.4 is 0 Å². The van der Waals surface area contributed by atoms with E-state index >= 15 is 0 Å². The van der Waals surface area contributed by atoms with Crippen molar-refractivity contribution in [3.63, 3.8) is 0 Å². The van der Waals surface area contributed by atoms with Crippen LogP contribution in [0.5, 0.6) is 0 Å². The van der Waals surface area contributed by atoms with Gasteiger partial charge in [0.15, 0.2) is 0 Å². The second kappa shape index (κ2) is 9.36. The molecule has 0 spiro atoms. The largest absolute Gasteiger partial charge is 0.389 e. The molecule has 1 fully saturated rings. The first-order valence-corrected chi connectivity index (χ1v) is 10.2. The zero-order valence-electron chi connectivity index (χ0n) is 16.6. The van der Waals surface area contributed by atoms with Crippen molar-refractivity contribution in [3.8, 4) is 0 Å². The van der Waals surface area contributed by atoms with Crippen LogP contribution in [-0.4, -0.2) is 42.4 Å². The van der Waals surface area contributed by atoms with Gasteiger partial charge in [-0.05, 0) is 68.8 Å². The fourth-order valence-electron chi connectivity index (χ4n) is 4.13. The summed E-state index contributed by atoms with van der Waals surface area (Å²) in [6.07, 6.45) is 2.98. The maximum absolute atomic E-state index is 13.1. The van der Waals surface area contributed by atoms with Crippen LogP contribution in [0.4, 0.5) is 4.39 Å². The average molecular weight is 406 g/mol. The molecule has 1 aliphatic carbocycles. The van der Waals surface area contributed by atoms with Gasteiger partial charge in [-0.25, -0.2) is 4.39 Å². The third-order valence-corrected chi connectivity index (χ3v) is 5.83. The molecule has 1 saturated carbocycles. The van der Waals surface area contributed by atoms with Crippen LogP contribution in [-0.2, 0) is 17.8 Å². The van der Waals surface area contributed by atoms with Gasteiger partial charge in [-0.2, -0.15) is 0 Å². The Hall–Kier alpha value is -1.46. The maximum Gasteiger partial charge on any atom is 0.123 e. The highest BCUT2D eigenvalue weighted by Crippen LogP contribution is 2.38. The van der Waals surface area contributed by atoms with Crippen molar-refractivity contribution in [1.82, 2.24) is 4.90 Å². The lowest BCUT2D eigenvalue weighted by molar-refractivity contribution is -0.105. The molecular weight excluding hydrogens is 377 g/mol. The number of nitrogens with zero attached hydrogens (tertiary/aromatic N) is 1.